The van der Waals surface area contributed by atoms with Gasteiger partial charge in [-0.25, -0.2) is 8.78 Å². The van der Waals surface area contributed by atoms with E-state index in [2.05, 4.69) is 6.58 Å². The average Bonchev–Trinajstić information content (AvgIpc) is 2.98. The van der Waals surface area contributed by atoms with Gasteiger partial charge in [0.05, 0.1) is 17.7 Å². The molecule has 0 fully saturated rings. The summed E-state index contributed by atoms with van der Waals surface area (Å²) < 4.78 is 66.1. The number of rotatable bonds is 6. The molecular weight excluding hydrogens is 392 g/mol. The summed E-state index contributed by atoms with van der Waals surface area (Å²) in [5, 5.41) is 0. The summed E-state index contributed by atoms with van der Waals surface area (Å²) in [6.45, 7) is 6.02. The van der Waals surface area contributed by atoms with E-state index >= 15 is 13.2 Å². The van der Waals surface area contributed by atoms with E-state index in [1.54, 1.807) is 12.1 Å². The summed E-state index contributed by atoms with van der Waals surface area (Å²) in [6, 6.07) is 6.07. The smallest absolute Gasteiger partial charge is 0.305 e. The molecule has 1 aliphatic heterocycles. The first-order valence-electron chi connectivity index (χ1n) is 10.4. The molecule has 0 bridgehead atoms. The highest BCUT2D eigenvalue weighted by Crippen LogP contribution is 2.53. The topological polar surface area (TPSA) is 9.23 Å². The number of fused-ring (bicyclic) bond motifs is 3. The summed E-state index contributed by atoms with van der Waals surface area (Å²) in [6.07, 6.45) is 6.29. The van der Waals surface area contributed by atoms with E-state index in [4.69, 9.17) is 4.74 Å². The van der Waals surface area contributed by atoms with Crippen LogP contribution in [0.3, 0.4) is 0 Å². The molecule has 2 aliphatic rings. The SMILES string of the molecule is C=CC1=CCC(CCc2ccc3c(c2F)C(F)(F)c2c-3ccc(CCC)c2F)CO1. The van der Waals surface area contributed by atoms with Gasteiger partial charge in [-0.1, -0.05) is 44.2 Å². The molecule has 158 valence electrons. The quantitative estimate of drug-likeness (QED) is 0.457. The number of benzene rings is 2. The largest absolute Gasteiger partial charge is 0.494 e. The number of alkyl halides is 2. The third-order valence-corrected chi connectivity index (χ3v) is 6.04. The van der Waals surface area contributed by atoms with Gasteiger partial charge in [-0.2, -0.15) is 8.78 Å². The Labute approximate surface area is 174 Å². The van der Waals surface area contributed by atoms with Gasteiger partial charge in [0.15, 0.2) is 0 Å². The van der Waals surface area contributed by atoms with E-state index < -0.39 is 28.7 Å². The van der Waals surface area contributed by atoms with E-state index in [0.29, 0.717) is 32.3 Å². The second kappa shape index (κ2) is 7.93. The lowest BCUT2D eigenvalue weighted by atomic mass is 9.93. The monoisotopic (exact) mass is 416 g/mol. The van der Waals surface area contributed by atoms with Gasteiger partial charge < -0.3 is 4.74 Å². The second-order valence-corrected chi connectivity index (χ2v) is 8.01. The van der Waals surface area contributed by atoms with Crippen molar-refractivity contribution in [1.82, 2.24) is 0 Å². The maximum absolute atomic E-state index is 15.2. The molecule has 2 aromatic carbocycles. The van der Waals surface area contributed by atoms with Crippen LogP contribution in [0.4, 0.5) is 17.6 Å². The van der Waals surface area contributed by atoms with E-state index in [1.807, 2.05) is 13.0 Å². The van der Waals surface area contributed by atoms with E-state index in [0.717, 1.165) is 12.2 Å². The van der Waals surface area contributed by atoms with Gasteiger partial charge >= 0.3 is 5.92 Å². The highest BCUT2D eigenvalue weighted by molar-refractivity contribution is 5.80. The number of ether oxygens (including phenoxy) is 1. The molecule has 0 spiro atoms. The minimum atomic E-state index is -3.69. The second-order valence-electron chi connectivity index (χ2n) is 8.01. The van der Waals surface area contributed by atoms with Crippen LogP contribution in [0, 0.1) is 17.6 Å². The predicted octanol–water partition coefficient (Wildman–Crippen LogP) is 7.08. The van der Waals surface area contributed by atoms with Gasteiger partial charge in [0.25, 0.3) is 0 Å². The zero-order chi connectivity index (χ0) is 21.5. The number of allylic oxidation sites excluding steroid dienone is 2. The maximum atomic E-state index is 15.2. The van der Waals surface area contributed by atoms with Gasteiger partial charge in [0, 0.05) is 0 Å². The minimum absolute atomic E-state index is 0.0813. The van der Waals surface area contributed by atoms with Crippen molar-refractivity contribution in [3.05, 3.63) is 82.6 Å². The first-order valence-corrected chi connectivity index (χ1v) is 10.4. The van der Waals surface area contributed by atoms with Crippen molar-refractivity contribution in [3.63, 3.8) is 0 Å². The summed E-state index contributed by atoms with van der Waals surface area (Å²) in [4.78, 5) is 0. The Morgan fingerprint density at radius 1 is 1.03 bits per heavy atom. The van der Waals surface area contributed by atoms with Crippen LogP contribution in [0.15, 0.2) is 48.8 Å². The van der Waals surface area contributed by atoms with E-state index in [1.165, 1.54) is 18.2 Å². The molecule has 0 radical (unpaired) electrons. The molecule has 0 aromatic heterocycles. The van der Waals surface area contributed by atoms with Crippen molar-refractivity contribution in [2.75, 3.05) is 6.61 Å². The fourth-order valence-corrected chi connectivity index (χ4v) is 4.41. The summed E-state index contributed by atoms with van der Waals surface area (Å²) in [5.41, 5.74) is -0.751. The van der Waals surface area contributed by atoms with E-state index in [9.17, 15) is 4.39 Å². The zero-order valence-corrected chi connectivity index (χ0v) is 16.9. The Kier molecular flexibility index (Phi) is 5.48. The van der Waals surface area contributed by atoms with Crippen LogP contribution < -0.4 is 0 Å². The minimum Gasteiger partial charge on any atom is -0.494 e. The van der Waals surface area contributed by atoms with Crippen LogP contribution in [-0.4, -0.2) is 6.61 Å². The Hall–Kier alpha value is -2.56. The lowest BCUT2D eigenvalue weighted by molar-refractivity contribution is 0.0401. The molecule has 1 atom stereocenters. The van der Waals surface area contributed by atoms with Crippen molar-refractivity contribution >= 4 is 0 Å². The van der Waals surface area contributed by atoms with Crippen molar-refractivity contribution < 1.29 is 22.3 Å². The van der Waals surface area contributed by atoms with Crippen molar-refractivity contribution in [1.29, 1.82) is 0 Å². The van der Waals surface area contributed by atoms with Crippen LogP contribution >= 0.6 is 0 Å². The molecule has 30 heavy (non-hydrogen) atoms. The van der Waals surface area contributed by atoms with Gasteiger partial charge in [-0.15, -0.1) is 0 Å². The summed E-state index contributed by atoms with van der Waals surface area (Å²) in [5.74, 6) is -4.61. The van der Waals surface area contributed by atoms with E-state index in [-0.39, 0.29) is 28.2 Å². The fraction of sp³-hybridized carbons (Fsp3) is 0.360. The highest BCUT2D eigenvalue weighted by atomic mass is 19.3. The Balaban J connectivity index is 1.63. The predicted molar refractivity (Wildman–Crippen MR) is 109 cm³/mol. The standard InChI is InChI=1S/C25H24F4O/c1-3-5-16-9-12-19-20-13-10-17(8-6-15-7-11-18(4-2)30-14-15)24(27)22(20)25(28,29)21(19)23(16)26/h4,9-13,15H,2-3,5-8,14H2,1H3. The Morgan fingerprint density at radius 3 is 2.13 bits per heavy atom. The molecule has 2 aromatic rings. The highest BCUT2D eigenvalue weighted by Gasteiger charge is 2.49. The van der Waals surface area contributed by atoms with Crippen molar-refractivity contribution in [2.24, 2.45) is 5.92 Å². The molecular formula is C25H24F4O. The normalized spacial score (nSPS) is 19.0. The Morgan fingerprint density at radius 2 is 1.63 bits per heavy atom. The molecule has 1 nitrogen and oxygen atoms in total. The lowest BCUT2D eigenvalue weighted by Gasteiger charge is -2.22. The molecule has 0 saturated heterocycles. The summed E-state index contributed by atoms with van der Waals surface area (Å²) in [7, 11) is 0. The molecule has 1 aliphatic carbocycles. The average molecular weight is 416 g/mol. The molecule has 0 N–H and O–H groups in total. The van der Waals surface area contributed by atoms with Crippen LogP contribution in [0.1, 0.15) is 48.4 Å². The van der Waals surface area contributed by atoms with Gasteiger partial charge in [0.2, 0.25) is 0 Å². The molecule has 1 heterocycles. The van der Waals surface area contributed by atoms with Gasteiger partial charge in [-0.3, -0.25) is 0 Å². The third-order valence-electron chi connectivity index (χ3n) is 6.04. The molecule has 4 rings (SSSR count). The van der Waals surface area contributed by atoms with Gasteiger partial charge in [-0.05, 0) is 66.0 Å². The number of hydrogen-bond donors (Lipinski definition) is 0. The van der Waals surface area contributed by atoms with Crippen LogP contribution in [0.5, 0.6) is 0 Å². The molecule has 0 saturated carbocycles. The Bertz CT molecular complexity index is 1020. The molecule has 5 heteroatoms. The first-order chi connectivity index (χ1) is 14.4. The third kappa shape index (κ3) is 3.34. The van der Waals surface area contributed by atoms with Crippen LogP contribution in [0.25, 0.3) is 11.1 Å². The number of aryl methyl sites for hydroxylation is 2. The van der Waals surface area contributed by atoms with Crippen molar-refractivity contribution in [3.8, 4) is 11.1 Å². The molecule has 1 unspecified atom stereocenters. The fourth-order valence-electron chi connectivity index (χ4n) is 4.41. The van der Waals surface area contributed by atoms with Gasteiger partial charge in [0.1, 0.15) is 17.4 Å². The molecule has 0 amide bonds. The maximum Gasteiger partial charge on any atom is 0.305 e. The first kappa shape index (κ1) is 20.7. The number of halogens is 4. The lowest BCUT2D eigenvalue weighted by Crippen LogP contribution is -2.17. The van der Waals surface area contributed by atoms with Crippen molar-refractivity contribution in [2.45, 2.75) is 45.0 Å². The summed E-state index contributed by atoms with van der Waals surface area (Å²) >= 11 is 0. The zero-order valence-electron chi connectivity index (χ0n) is 16.9. The number of hydrogen-bond acceptors (Lipinski definition) is 1. The van der Waals surface area contributed by atoms with Crippen LogP contribution in [-0.2, 0) is 23.5 Å². The van der Waals surface area contributed by atoms with Crippen LogP contribution in [0.2, 0.25) is 0 Å².